The number of imidazole rings is 1. The molecule has 0 spiro atoms. The van der Waals surface area contributed by atoms with Gasteiger partial charge in [0.25, 0.3) is 0 Å². The van der Waals surface area contributed by atoms with Crippen molar-refractivity contribution in [3.05, 3.63) is 12.7 Å². The highest BCUT2D eigenvalue weighted by molar-refractivity contribution is 5.89. The Morgan fingerprint density at radius 1 is 1.36 bits per heavy atom. The standard InChI is InChI=1S/C13H18N6O3/c1-7(2)9(13(21)22)18-8(20)4-19(3)12-10-11(15-5-14-10)16-6-17-12/h5-7,9H,4H2,1-3H3,(H,18,20)(H,21,22)(H,14,15,16,17)/t9-/m1/s1. The number of likely N-dealkylation sites (N-methyl/N-ethyl adjacent to an activating group) is 1. The van der Waals surface area contributed by atoms with Crippen LogP contribution in [-0.2, 0) is 9.59 Å². The number of hydrogen-bond donors (Lipinski definition) is 3. The number of H-pyrrole nitrogens is 1. The molecule has 9 nitrogen and oxygen atoms in total. The lowest BCUT2D eigenvalue weighted by Crippen LogP contribution is -2.47. The average molecular weight is 306 g/mol. The number of aliphatic carboxylic acids is 1. The number of carbonyl (C=O) groups excluding carboxylic acids is 1. The molecular formula is C13H18N6O3. The molecule has 9 heteroatoms. The normalized spacial score (nSPS) is 12.4. The molecule has 118 valence electrons. The lowest BCUT2D eigenvalue weighted by atomic mass is 10.0. The average Bonchev–Trinajstić information content (AvgIpc) is 2.92. The Morgan fingerprint density at radius 2 is 2.09 bits per heavy atom. The maximum absolute atomic E-state index is 12.0. The molecule has 1 amide bonds. The largest absolute Gasteiger partial charge is 0.480 e. The van der Waals surface area contributed by atoms with Crippen molar-refractivity contribution in [2.75, 3.05) is 18.5 Å². The Kier molecular flexibility index (Phi) is 4.54. The molecule has 0 radical (unpaired) electrons. The van der Waals surface area contributed by atoms with Crippen LogP contribution in [-0.4, -0.2) is 56.6 Å². The van der Waals surface area contributed by atoms with Gasteiger partial charge in [-0.25, -0.2) is 19.7 Å². The van der Waals surface area contributed by atoms with Crippen LogP contribution in [0.5, 0.6) is 0 Å². The van der Waals surface area contributed by atoms with Crippen molar-refractivity contribution in [1.82, 2.24) is 25.3 Å². The zero-order chi connectivity index (χ0) is 16.3. The minimum Gasteiger partial charge on any atom is -0.480 e. The fourth-order valence-electron chi connectivity index (χ4n) is 2.06. The number of anilines is 1. The molecule has 2 rings (SSSR count). The van der Waals surface area contributed by atoms with E-state index in [0.29, 0.717) is 17.0 Å². The van der Waals surface area contributed by atoms with E-state index < -0.39 is 17.9 Å². The first-order chi connectivity index (χ1) is 10.4. The third-order valence-corrected chi connectivity index (χ3v) is 3.19. The lowest BCUT2D eigenvalue weighted by molar-refractivity contribution is -0.142. The molecule has 0 aliphatic rings. The molecule has 0 aliphatic carbocycles. The van der Waals surface area contributed by atoms with Gasteiger partial charge in [0.15, 0.2) is 11.5 Å². The zero-order valence-corrected chi connectivity index (χ0v) is 12.6. The van der Waals surface area contributed by atoms with Gasteiger partial charge in [-0.2, -0.15) is 0 Å². The topological polar surface area (TPSA) is 124 Å². The van der Waals surface area contributed by atoms with Gasteiger partial charge in [0, 0.05) is 7.05 Å². The fraction of sp³-hybridized carbons (Fsp3) is 0.462. The highest BCUT2D eigenvalue weighted by Gasteiger charge is 2.24. The number of hydrogen-bond acceptors (Lipinski definition) is 6. The molecule has 2 aromatic heterocycles. The van der Waals surface area contributed by atoms with E-state index in [2.05, 4.69) is 25.3 Å². The van der Waals surface area contributed by atoms with Crippen LogP contribution in [0.2, 0.25) is 0 Å². The number of carboxylic acids is 1. The summed E-state index contributed by atoms with van der Waals surface area (Å²) in [6, 6.07) is -0.918. The first-order valence-corrected chi connectivity index (χ1v) is 6.77. The van der Waals surface area contributed by atoms with E-state index in [0.717, 1.165) is 0 Å². The lowest BCUT2D eigenvalue weighted by Gasteiger charge is -2.21. The van der Waals surface area contributed by atoms with Gasteiger partial charge < -0.3 is 20.3 Å². The van der Waals surface area contributed by atoms with Gasteiger partial charge in [-0.1, -0.05) is 13.8 Å². The van der Waals surface area contributed by atoms with E-state index in [4.69, 9.17) is 5.11 Å². The van der Waals surface area contributed by atoms with E-state index in [1.54, 1.807) is 25.8 Å². The quantitative estimate of drug-likeness (QED) is 0.687. The monoisotopic (exact) mass is 306 g/mol. The van der Waals surface area contributed by atoms with Gasteiger partial charge in [0.1, 0.15) is 17.9 Å². The second kappa shape index (κ2) is 6.37. The molecule has 22 heavy (non-hydrogen) atoms. The smallest absolute Gasteiger partial charge is 0.326 e. The number of aromatic amines is 1. The summed E-state index contributed by atoms with van der Waals surface area (Å²) in [6.07, 6.45) is 2.86. The summed E-state index contributed by atoms with van der Waals surface area (Å²) in [5.74, 6) is -1.13. The van der Waals surface area contributed by atoms with Gasteiger partial charge in [0.05, 0.1) is 12.9 Å². The van der Waals surface area contributed by atoms with Crippen molar-refractivity contribution in [1.29, 1.82) is 0 Å². The van der Waals surface area contributed by atoms with Crippen LogP contribution in [0.1, 0.15) is 13.8 Å². The van der Waals surface area contributed by atoms with E-state index in [1.165, 1.54) is 12.7 Å². The van der Waals surface area contributed by atoms with Crippen molar-refractivity contribution in [3.8, 4) is 0 Å². The Labute approximate surface area is 126 Å². The maximum Gasteiger partial charge on any atom is 0.326 e. The van der Waals surface area contributed by atoms with Crippen molar-refractivity contribution in [2.24, 2.45) is 5.92 Å². The molecule has 1 atom stereocenters. The SMILES string of the molecule is CC(C)[C@@H](NC(=O)CN(C)c1ncnc2nc[nH]c12)C(=O)O. The third-order valence-electron chi connectivity index (χ3n) is 3.19. The number of carbonyl (C=O) groups is 2. The summed E-state index contributed by atoms with van der Waals surface area (Å²) in [5.41, 5.74) is 1.12. The second-order valence-electron chi connectivity index (χ2n) is 5.28. The molecule has 0 saturated carbocycles. The van der Waals surface area contributed by atoms with Crippen molar-refractivity contribution >= 4 is 28.9 Å². The molecule has 2 aromatic rings. The van der Waals surface area contributed by atoms with Gasteiger partial charge in [-0.05, 0) is 5.92 Å². The van der Waals surface area contributed by atoms with Crippen LogP contribution in [0.4, 0.5) is 5.82 Å². The number of aromatic nitrogens is 4. The van der Waals surface area contributed by atoms with Gasteiger partial charge in [-0.15, -0.1) is 0 Å². The summed E-state index contributed by atoms with van der Waals surface area (Å²) in [5, 5.41) is 11.6. The molecule has 0 aliphatic heterocycles. The number of amides is 1. The molecule has 0 aromatic carbocycles. The molecule has 0 fully saturated rings. The Hall–Kier alpha value is -2.71. The van der Waals surface area contributed by atoms with E-state index in [1.807, 2.05) is 0 Å². The van der Waals surface area contributed by atoms with Crippen LogP contribution < -0.4 is 10.2 Å². The highest BCUT2D eigenvalue weighted by Crippen LogP contribution is 2.17. The first kappa shape index (κ1) is 15.7. The molecule has 0 unspecified atom stereocenters. The minimum absolute atomic E-state index is 0.0262. The summed E-state index contributed by atoms with van der Waals surface area (Å²) in [7, 11) is 1.69. The molecule has 0 bridgehead atoms. The van der Waals surface area contributed by atoms with Crippen molar-refractivity contribution < 1.29 is 14.7 Å². The molecular weight excluding hydrogens is 288 g/mol. The Bertz CT molecular complexity index is 683. The van der Waals surface area contributed by atoms with Crippen molar-refractivity contribution in [2.45, 2.75) is 19.9 Å². The molecule has 2 heterocycles. The van der Waals surface area contributed by atoms with Crippen LogP contribution >= 0.6 is 0 Å². The van der Waals surface area contributed by atoms with E-state index >= 15 is 0 Å². The van der Waals surface area contributed by atoms with Gasteiger partial charge in [0.2, 0.25) is 5.91 Å². The van der Waals surface area contributed by atoms with Crippen LogP contribution in [0.3, 0.4) is 0 Å². The zero-order valence-electron chi connectivity index (χ0n) is 12.6. The number of rotatable bonds is 6. The number of fused-ring (bicyclic) bond motifs is 1. The van der Waals surface area contributed by atoms with Crippen molar-refractivity contribution in [3.63, 3.8) is 0 Å². The van der Waals surface area contributed by atoms with Crippen LogP contribution in [0.25, 0.3) is 11.2 Å². The van der Waals surface area contributed by atoms with Crippen LogP contribution in [0, 0.1) is 5.92 Å². The molecule has 0 saturated heterocycles. The summed E-state index contributed by atoms with van der Waals surface area (Å²) in [6.45, 7) is 3.45. The van der Waals surface area contributed by atoms with Crippen LogP contribution in [0.15, 0.2) is 12.7 Å². The highest BCUT2D eigenvalue weighted by atomic mass is 16.4. The molecule has 3 N–H and O–H groups in total. The number of nitrogens with one attached hydrogen (secondary N) is 2. The number of nitrogens with zero attached hydrogens (tertiary/aromatic N) is 4. The van der Waals surface area contributed by atoms with E-state index in [9.17, 15) is 9.59 Å². The third kappa shape index (κ3) is 3.30. The minimum atomic E-state index is -1.05. The summed E-state index contributed by atoms with van der Waals surface area (Å²) in [4.78, 5) is 39.8. The Balaban J connectivity index is 2.08. The predicted octanol–water partition coefficient (Wildman–Crippen LogP) is 0.0145. The van der Waals surface area contributed by atoms with E-state index in [-0.39, 0.29) is 12.5 Å². The van der Waals surface area contributed by atoms with Gasteiger partial charge in [-0.3, -0.25) is 4.79 Å². The second-order valence-corrected chi connectivity index (χ2v) is 5.28. The first-order valence-electron chi connectivity index (χ1n) is 6.77. The summed E-state index contributed by atoms with van der Waals surface area (Å²) < 4.78 is 0. The number of carboxylic acid groups (broad SMARTS) is 1. The van der Waals surface area contributed by atoms with Gasteiger partial charge >= 0.3 is 5.97 Å². The predicted molar refractivity (Wildman–Crippen MR) is 79.4 cm³/mol. The Morgan fingerprint density at radius 3 is 2.73 bits per heavy atom. The fourth-order valence-corrected chi connectivity index (χ4v) is 2.06. The summed E-state index contributed by atoms with van der Waals surface area (Å²) >= 11 is 0. The maximum atomic E-state index is 12.0.